The van der Waals surface area contributed by atoms with Crippen molar-refractivity contribution in [1.29, 1.82) is 0 Å². The molecule has 1 aliphatic heterocycles. The second-order valence-corrected chi connectivity index (χ2v) is 12.2. The standard InChI is InChI=1S/C37H32N6O6S/c1-2-3-8-31-42-33-34(24-6-4-5-7-28(24)41-35(33)38)43(31)16-15-39-49-37(50)40-20-9-12-23(27(17-20)36(46)47)32-25-13-10-21(44)18-29(25)48-30-19-22(45)11-14-26(30)32/h4-7,9-14,17-19,39,44H,2-3,8,15-16H2,1H3,(H2,38,41)(H,40,50)(H,46,47). The van der Waals surface area contributed by atoms with E-state index in [4.69, 9.17) is 32.2 Å². The van der Waals surface area contributed by atoms with Gasteiger partial charge in [0.25, 0.3) is 5.17 Å². The molecule has 3 aromatic carbocycles. The van der Waals surface area contributed by atoms with E-state index < -0.39 is 5.97 Å². The molecule has 252 valence electrons. The number of nitrogen functional groups attached to an aromatic ring is 1. The monoisotopic (exact) mass is 688 g/mol. The molecular weight excluding hydrogens is 657 g/mol. The number of imidazole rings is 1. The number of hydrogen-bond acceptors (Lipinski definition) is 10. The Morgan fingerprint density at radius 1 is 1.02 bits per heavy atom. The first-order valence-corrected chi connectivity index (χ1v) is 16.4. The highest BCUT2D eigenvalue weighted by Gasteiger charge is 2.23. The number of thiocarbonyl (C=S) groups is 1. The second-order valence-electron chi connectivity index (χ2n) is 11.8. The maximum atomic E-state index is 12.6. The summed E-state index contributed by atoms with van der Waals surface area (Å²) in [5.41, 5.74) is 13.5. The molecule has 2 aliphatic rings. The van der Waals surface area contributed by atoms with E-state index in [9.17, 15) is 19.8 Å². The van der Waals surface area contributed by atoms with Crippen molar-refractivity contribution in [1.82, 2.24) is 20.0 Å². The number of unbranched alkanes of at least 4 members (excludes halogenated alkanes) is 1. The van der Waals surface area contributed by atoms with Crippen molar-refractivity contribution in [3.05, 3.63) is 100 Å². The fraction of sp³-hybridized carbons (Fsp3) is 0.162. The Kier molecular flexibility index (Phi) is 8.74. The van der Waals surface area contributed by atoms with Crippen LogP contribution in [0.5, 0.6) is 5.75 Å². The number of benzene rings is 4. The number of fused-ring (bicyclic) bond motifs is 5. The number of aryl methyl sites for hydroxylation is 1. The average Bonchev–Trinajstić information content (AvgIpc) is 3.47. The minimum absolute atomic E-state index is 0.0115. The third-order valence-electron chi connectivity index (χ3n) is 8.49. The van der Waals surface area contributed by atoms with Crippen LogP contribution in [0.3, 0.4) is 0 Å². The van der Waals surface area contributed by atoms with Crippen LogP contribution in [-0.2, 0) is 17.8 Å². The van der Waals surface area contributed by atoms with Gasteiger partial charge in [0.05, 0.1) is 16.6 Å². The Morgan fingerprint density at radius 3 is 2.66 bits per heavy atom. The maximum absolute atomic E-state index is 12.6. The number of anilines is 2. The van der Waals surface area contributed by atoms with Crippen LogP contribution in [0.1, 0.15) is 35.9 Å². The Morgan fingerprint density at radius 2 is 1.84 bits per heavy atom. The fourth-order valence-corrected chi connectivity index (χ4v) is 6.43. The lowest BCUT2D eigenvalue weighted by Crippen LogP contribution is -2.27. The van der Waals surface area contributed by atoms with Gasteiger partial charge in [-0.2, -0.15) is 5.48 Å². The van der Waals surface area contributed by atoms with Crippen LogP contribution in [0, 0.1) is 0 Å². The Balaban J connectivity index is 1.11. The number of nitrogens with zero attached hydrogens (tertiary/aromatic N) is 3. The molecule has 12 nitrogen and oxygen atoms in total. The van der Waals surface area contributed by atoms with Gasteiger partial charge in [-0.25, -0.2) is 14.8 Å². The molecule has 3 heterocycles. The smallest absolute Gasteiger partial charge is 0.336 e. The first kappa shape index (κ1) is 32.5. The van der Waals surface area contributed by atoms with Gasteiger partial charge in [0.2, 0.25) is 0 Å². The molecule has 7 rings (SSSR count). The van der Waals surface area contributed by atoms with Crippen molar-refractivity contribution in [3.8, 4) is 28.2 Å². The number of phenols is 1. The molecule has 0 spiro atoms. The van der Waals surface area contributed by atoms with Crippen molar-refractivity contribution < 1.29 is 24.3 Å². The quantitative estimate of drug-likeness (QED) is 0.0445. The first-order chi connectivity index (χ1) is 24.2. The average molecular weight is 689 g/mol. The molecule has 0 radical (unpaired) electrons. The summed E-state index contributed by atoms with van der Waals surface area (Å²) in [6.45, 7) is 3.02. The number of phenolic OH excluding ortho intramolecular Hbond substituents is 1. The highest BCUT2D eigenvalue weighted by molar-refractivity contribution is 7.80. The molecule has 0 amide bonds. The van der Waals surface area contributed by atoms with Crippen molar-refractivity contribution in [2.75, 3.05) is 17.6 Å². The third-order valence-corrected chi connectivity index (χ3v) is 8.67. The molecule has 6 N–H and O–H groups in total. The highest BCUT2D eigenvalue weighted by atomic mass is 32.1. The number of carboxylic acid groups (broad SMARTS) is 1. The molecule has 50 heavy (non-hydrogen) atoms. The Bertz CT molecular complexity index is 2470. The van der Waals surface area contributed by atoms with E-state index in [1.807, 2.05) is 24.3 Å². The van der Waals surface area contributed by atoms with E-state index >= 15 is 0 Å². The summed E-state index contributed by atoms with van der Waals surface area (Å²) in [6.07, 6.45) is 2.78. The SMILES string of the molecule is CCCCc1nc2c(N)nc3ccccc3c2n1CCNOC(=S)Nc1ccc(-c2c3ccc(=O)cc-3oc3cc(O)ccc23)c(C(=O)O)c1. The zero-order valence-corrected chi connectivity index (χ0v) is 27.7. The van der Waals surface area contributed by atoms with Gasteiger partial charge < -0.3 is 35.1 Å². The molecule has 2 aromatic heterocycles. The number of carboxylic acids is 1. The van der Waals surface area contributed by atoms with Gasteiger partial charge in [-0.3, -0.25) is 4.79 Å². The number of nitrogens with one attached hydrogen (secondary N) is 2. The number of aromatic hydroxyl groups is 1. The van der Waals surface area contributed by atoms with Crippen LogP contribution < -0.4 is 22.0 Å². The number of para-hydroxylation sites is 1. The molecular formula is C37H32N6O6S. The van der Waals surface area contributed by atoms with Gasteiger partial charge in [-0.1, -0.05) is 37.6 Å². The van der Waals surface area contributed by atoms with E-state index in [1.54, 1.807) is 24.3 Å². The molecule has 13 heteroatoms. The first-order valence-electron chi connectivity index (χ1n) is 16.0. The van der Waals surface area contributed by atoms with Crippen LogP contribution in [0.25, 0.3) is 55.4 Å². The van der Waals surface area contributed by atoms with E-state index in [0.717, 1.165) is 41.5 Å². The lowest BCUT2D eigenvalue weighted by Gasteiger charge is -2.18. The van der Waals surface area contributed by atoms with E-state index in [2.05, 4.69) is 27.3 Å². The zero-order chi connectivity index (χ0) is 34.9. The number of pyridine rings is 1. The summed E-state index contributed by atoms with van der Waals surface area (Å²) in [4.78, 5) is 39.7. The van der Waals surface area contributed by atoms with Gasteiger partial charge in [0, 0.05) is 59.2 Å². The number of hydroxylamine groups is 1. The summed E-state index contributed by atoms with van der Waals surface area (Å²) >= 11 is 5.42. The number of aromatic carboxylic acids is 1. The second kappa shape index (κ2) is 13.5. The number of rotatable bonds is 10. The summed E-state index contributed by atoms with van der Waals surface area (Å²) in [7, 11) is 0. The van der Waals surface area contributed by atoms with E-state index in [1.165, 1.54) is 30.3 Å². The Hall–Kier alpha value is -6.05. The van der Waals surface area contributed by atoms with Gasteiger partial charge in [0.15, 0.2) is 11.2 Å². The predicted molar refractivity (Wildman–Crippen MR) is 197 cm³/mol. The largest absolute Gasteiger partial charge is 0.508 e. The minimum atomic E-state index is -1.18. The van der Waals surface area contributed by atoms with E-state index in [0.29, 0.717) is 57.8 Å². The molecule has 0 bridgehead atoms. The normalized spacial score (nSPS) is 11.5. The van der Waals surface area contributed by atoms with Crippen LogP contribution in [0.15, 0.2) is 88.1 Å². The number of carbonyl (C=O) groups is 1. The van der Waals surface area contributed by atoms with Gasteiger partial charge in [-0.05, 0) is 66.7 Å². The van der Waals surface area contributed by atoms with Crippen LogP contribution in [0.2, 0.25) is 0 Å². The maximum Gasteiger partial charge on any atom is 0.336 e. The lowest BCUT2D eigenvalue weighted by molar-refractivity contribution is 0.0697. The molecule has 0 unspecified atom stereocenters. The number of hydrogen-bond donors (Lipinski definition) is 5. The summed E-state index contributed by atoms with van der Waals surface area (Å²) in [5, 5.41) is 24.8. The van der Waals surface area contributed by atoms with Crippen molar-refractivity contribution in [2.45, 2.75) is 32.7 Å². The molecule has 1 aliphatic carbocycles. The van der Waals surface area contributed by atoms with Crippen LogP contribution in [-0.4, -0.2) is 42.4 Å². The number of nitrogens with two attached hydrogens (primary N) is 1. The summed E-state index contributed by atoms with van der Waals surface area (Å²) in [5.74, 6) is 0.351. The highest BCUT2D eigenvalue weighted by Crippen LogP contribution is 2.42. The molecule has 5 aromatic rings. The molecule has 0 atom stereocenters. The third kappa shape index (κ3) is 6.15. The molecule has 0 saturated carbocycles. The molecule has 0 fully saturated rings. The van der Waals surface area contributed by atoms with E-state index in [-0.39, 0.29) is 27.7 Å². The Labute approximate surface area is 290 Å². The lowest BCUT2D eigenvalue weighted by atomic mass is 9.90. The fourth-order valence-electron chi connectivity index (χ4n) is 6.26. The van der Waals surface area contributed by atoms with Crippen LogP contribution in [0.4, 0.5) is 11.5 Å². The zero-order valence-electron chi connectivity index (χ0n) is 26.9. The van der Waals surface area contributed by atoms with Crippen molar-refractivity contribution >= 4 is 67.8 Å². The molecule has 0 saturated heterocycles. The van der Waals surface area contributed by atoms with Crippen molar-refractivity contribution in [2.24, 2.45) is 0 Å². The van der Waals surface area contributed by atoms with Gasteiger partial charge >= 0.3 is 5.97 Å². The topological polar surface area (TPSA) is 178 Å². The predicted octanol–water partition coefficient (Wildman–Crippen LogP) is 6.71. The summed E-state index contributed by atoms with van der Waals surface area (Å²) in [6, 6.07) is 21.5. The van der Waals surface area contributed by atoms with Gasteiger partial charge in [0.1, 0.15) is 28.4 Å². The van der Waals surface area contributed by atoms with Gasteiger partial charge in [-0.15, -0.1) is 0 Å². The summed E-state index contributed by atoms with van der Waals surface area (Å²) < 4.78 is 8.05. The minimum Gasteiger partial charge on any atom is -0.508 e. The van der Waals surface area contributed by atoms with Crippen LogP contribution >= 0.6 is 12.2 Å². The number of aromatic nitrogens is 3. The van der Waals surface area contributed by atoms with Crippen molar-refractivity contribution in [3.63, 3.8) is 0 Å².